The summed E-state index contributed by atoms with van der Waals surface area (Å²) in [6.07, 6.45) is 1.59. The maximum absolute atomic E-state index is 11.7. The smallest absolute Gasteiger partial charge is 0.306 e. The average molecular weight is 285 g/mol. The molecule has 0 fully saturated rings. The third-order valence-electron chi connectivity index (χ3n) is 2.24. The summed E-state index contributed by atoms with van der Waals surface area (Å²) >= 11 is 11.7. The first-order chi connectivity index (χ1) is 8.56. The summed E-state index contributed by atoms with van der Waals surface area (Å²) in [6, 6.07) is 6.12. The van der Waals surface area contributed by atoms with Gasteiger partial charge in [-0.3, -0.25) is 10.00 Å². The molecule has 2 N–H and O–H groups in total. The molecule has 18 heavy (non-hydrogen) atoms. The largest absolute Gasteiger partial charge is 0.324 e. The van der Waals surface area contributed by atoms with Gasteiger partial charge in [-0.1, -0.05) is 23.2 Å². The second kappa shape index (κ2) is 5.29. The van der Waals surface area contributed by atoms with Crippen molar-refractivity contribution >= 4 is 40.7 Å². The van der Waals surface area contributed by atoms with Crippen LogP contribution < -0.4 is 10.6 Å². The molecular formula is C11H10Cl2N4O. The third-order valence-corrected chi connectivity index (χ3v) is 2.79. The number of aryl methyl sites for hydroxylation is 1. The highest BCUT2D eigenvalue weighted by molar-refractivity contribution is 6.36. The standard InChI is InChI=1S/C11H10Cl2N4O/c1-17-10(4-5-14-17)16-11(18)15-9-3-2-7(12)6-8(9)13/h2-6H,1H3,(H2,15,16,18). The Morgan fingerprint density at radius 3 is 2.67 bits per heavy atom. The molecule has 2 rings (SSSR count). The summed E-state index contributed by atoms with van der Waals surface area (Å²) < 4.78 is 1.54. The topological polar surface area (TPSA) is 59.0 Å². The molecule has 0 radical (unpaired) electrons. The van der Waals surface area contributed by atoms with E-state index in [1.54, 1.807) is 42.2 Å². The molecule has 2 amide bonds. The van der Waals surface area contributed by atoms with E-state index in [9.17, 15) is 4.79 Å². The zero-order chi connectivity index (χ0) is 13.1. The molecule has 1 heterocycles. The zero-order valence-electron chi connectivity index (χ0n) is 9.45. The second-order valence-corrected chi connectivity index (χ2v) is 4.39. The first-order valence-corrected chi connectivity index (χ1v) is 5.83. The van der Waals surface area contributed by atoms with Gasteiger partial charge >= 0.3 is 6.03 Å². The van der Waals surface area contributed by atoms with E-state index in [1.807, 2.05) is 0 Å². The van der Waals surface area contributed by atoms with Gasteiger partial charge in [0.15, 0.2) is 0 Å². The molecule has 0 saturated heterocycles. The lowest BCUT2D eigenvalue weighted by Crippen LogP contribution is -2.21. The van der Waals surface area contributed by atoms with Crippen molar-refractivity contribution in [2.75, 3.05) is 10.6 Å². The summed E-state index contributed by atoms with van der Waals surface area (Å²) in [5.74, 6) is 0.581. The van der Waals surface area contributed by atoms with Crippen LogP contribution in [0.5, 0.6) is 0 Å². The third kappa shape index (κ3) is 2.94. The predicted octanol–water partition coefficient (Wildman–Crippen LogP) is 3.37. The summed E-state index contributed by atoms with van der Waals surface area (Å²) in [5.41, 5.74) is 0.487. The molecule has 0 aliphatic carbocycles. The summed E-state index contributed by atoms with van der Waals surface area (Å²) in [6.45, 7) is 0. The number of carbonyl (C=O) groups is 1. The monoisotopic (exact) mass is 284 g/mol. The van der Waals surface area contributed by atoms with Gasteiger partial charge in [-0.25, -0.2) is 4.79 Å². The maximum atomic E-state index is 11.7. The Morgan fingerprint density at radius 2 is 2.06 bits per heavy atom. The van der Waals surface area contributed by atoms with Gasteiger partial charge in [-0.15, -0.1) is 0 Å². The van der Waals surface area contributed by atoms with Crippen molar-refractivity contribution in [1.29, 1.82) is 0 Å². The number of nitrogens with one attached hydrogen (secondary N) is 2. The highest BCUT2D eigenvalue weighted by Gasteiger charge is 2.08. The first-order valence-electron chi connectivity index (χ1n) is 5.07. The number of hydrogen-bond donors (Lipinski definition) is 2. The SMILES string of the molecule is Cn1nccc1NC(=O)Nc1ccc(Cl)cc1Cl. The second-order valence-electron chi connectivity index (χ2n) is 3.54. The Labute approximate surface area is 114 Å². The van der Waals surface area contributed by atoms with Crippen LogP contribution in [0.3, 0.4) is 0 Å². The van der Waals surface area contributed by atoms with Crippen molar-refractivity contribution in [3.63, 3.8) is 0 Å². The molecule has 2 aromatic rings. The Balaban J connectivity index is 2.05. The van der Waals surface area contributed by atoms with E-state index >= 15 is 0 Å². The summed E-state index contributed by atoms with van der Waals surface area (Å²) in [5, 5.41) is 10.1. The number of aromatic nitrogens is 2. The zero-order valence-corrected chi connectivity index (χ0v) is 11.0. The normalized spacial score (nSPS) is 10.2. The lowest BCUT2D eigenvalue weighted by Gasteiger charge is -2.09. The van der Waals surface area contributed by atoms with Gasteiger partial charge in [0.1, 0.15) is 5.82 Å². The highest BCUT2D eigenvalue weighted by Crippen LogP contribution is 2.25. The molecule has 0 spiro atoms. The van der Waals surface area contributed by atoms with Crippen LogP contribution in [0.4, 0.5) is 16.3 Å². The number of rotatable bonds is 2. The molecule has 1 aromatic heterocycles. The molecule has 1 aromatic carbocycles. The van der Waals surface area contributed by atoms with Crippen LogP contribution in [0.15, 0.2) is 30.5 Å². The minimum absolute atomic E-state index is 0.377. The molecule has 0 saturated carbocycles. The lowest BCUT2D eigenvalue weighted by molar-refractivity contribution is 0.262. The lowest BCUT2D eigenvalue weighted by atomic mass is 10.3. The van der Waals surface area contributed by atoms with E-state index in [4.69, 9.17) is 23.2 Å². The molecule has 7 heteroatoms. The average Bonchev–Trinajstić information content (AvgIpc) is 2.69. The Bertz CT molecular complexity index is 582. The number of halogens is 2. The van der Waals surface area contributed by atoms with Gasteiger partial charge in [0, 0.05) is 18.1 Å². The number of nitrogens with zero attached hydrogens (tertiary/aromatic N) is 2. The number of anilines is 2. The van der Waals surface area contributed by atoms with Gasteiger partial charge in [-0.2, -0.15) is 5.10 Å². The number of carbonyl (C=O) groups excluding carboxylic acids is 1. The molecule has 0 bridgehead atoms. The maximum Gasteiger partial charge on any atom is 0.324 e. The number of benzene rings is 1. The van der Waals surface area contributed by atoms with E-state index in [0.29, 0.717) is 21.6 Å². The minimum atomic E-state index is -0.400. The number of hydrogen-bond acceptors (Lipinski definition) is 2. The van der Waals surface area contributed by atoms with Crippen LogP contribution in [-0.4, -0.2) is 15.8 Å². The van der Waals surface area contributed by atoms with Crippen molar-refractivity contribution in [1.82, 2.24) is 9.78 Å². The molecule has 94 valence electrons. The van der Waals surface area contributed by atoms with Crippen molar-refractivity contribution < 1.29 is 4.79 Å². The molecule has 0 aliphatic heterocycles. The Kier molecular flexibility index (Phi) is 3.74. The molecule has 0 atom stereocenters. The predicted molar refractivity (Wildman–Crippen MR) is 72.3 cm³/mol. The van der Waals surface area contributed by atoms with Crippen molar-refractivity contribution in [3.05, 3.63) is 40.5 Å². The van der Waals surface area contributed by atoms with Crippen LogP contribution >= 0.6 is 23.2 Å². The van der Waals surface area contributed by atoms with Crippen LogP contribution in [0.2, 0.25) is 10.0 Å². The van der Waals surface area contributed by atoms with Crippen LogP contribution in [0.1, 0.15) is 0 Å². The van der Waals surface area contributed by atoms with Gasteiger partial charge < -0.3 is 5.32 Å². The van der Waals surface area contributed by atoms with E-state index in [-0.39, 0.29) is 0 Å². The fourth-order valence-electron chi connectivity index (χ4n) is 1.36. The quantitative estimate of drug-likeness (QED) is 0.888. The van der Waals surface area contributed by atoms with Crippen LogP contribution in [0.25, 0.3) is 0 Å². The van der Waals surface area contributed by atoms with Gasteiger partial charge in [0.05, 0.1) is 16.9 Å². The molecule has 5 nitrogen and oxygen atoms in total. The van der Waals surface area contributed by atoms with E-state index in [1.165, 1.54) is 0 Å². The van der Waals surface area contributed by atoms with Crippen molar-refractivity contribution in [2.24, 2.45) is 7.05 Å². The van der Waals surface area contributed by atoms with E-state index < -0.39 is 6.03 Å². The fourth-order valence-corrected chi connectivity index (χ4v) is 1.81. The molecule has 0 unspecified atom stereocenters. The van der Waals surface area contributed by atoms with Crippen LogP contribution in [0, 0.1) is 0 Å². The number of urea groups is 1. The summed E-state index contributed by atoms with van der Waals surface area (Å²) in [4.78, 5) is 11.7. The summed E-state index contributed by atoms with van der Waals surface area (Å²) in [7, 11) is 1.73. The minimum Gasteiger partial charge on any atom is -0.306 e. The highest BCUT2D eigenvalue weighted by atomic mass is 35.5. The molecule has 0 aliphatic rings. The van der Waals surface area contributed by atoms with Gasteiger partial charge in [-0.05, 0) is 18.2 Å². The van der Waals surface area contributed by atoms with Gasteiger partial charge in [0.25, 0.3) is 0 Å². The number of amides is 2. The first kappa shape index (κ1) is 12.7. The van der Waals surface area contributed by atoms with Crippen LogP contribution in [-0.2, 0) is 7.05 Å². The van der Waals surface area contributed by atoms with E-state index in [2.05, 4.69) is 15.7 Å². The van der Waals surface area contributed by atoms with Crippen molar-refractivity contribution in [2.45, 2.75) is 0 Å². The van der Waals surface area contributed by atoms with E-state index in [0.717, 1.165) is 0 Å². The fraction of sp³-hybridized carbons (Fsp3) is 0.0909. The Hall–Kier alpha value is -1.72. The Morgan fingerprint density at radius 1 is 1.28 bits per heavy atom. The molecular weight excluding hydrogens is 275 g/mol. The van der Waals surface area contributed by atoms with Crippen molar-refractivity contribution in [3.8, 4) is 0 Å². The van der Waals surface area contributed by atoms with Gasteiger partial charge in [0.2, 0.25) is 0 Å².